The molecule has 2 aliphatic heterocycles. The standard InChI is InChI=1S/C17H21N3O4/c1-11(2)24-14(21)13-8-17(15(22)18-16(23)19-17)10-20(13)9-12-6-4-3-5-7-12/h3-7,11,13H,8-10H2,1-2H3,(H2,18,19,22,23)/t13-,17+/m0/s1. The number of amides is 3. The molecule has 0 unspecified atom stereocenters. The minimum atomic E-state index is -1.06. The Morgan fingerprint density at radius 2 is 2.04 bits per heavy atom. The number of ether oxygens (including phenoxy) is 1. The second-order valence-corrected chi connectivity index (χ2v) is 6.59. The summed E-state index contributed by atoms with van der Waals surface area (Å²) >= 11 is 0. The van der Waals surface area contributed by atoms with E-state index in [1.54, 1.807) is 13.8 Å². The number of hydrogen-bond acceptors (Lipinski definition) is 5. The monoisotopic (exact) mass is 331 g/mol. The summed E-state index contributed by atoms with van der Waals surface area (Å²) in [7, 11) is 0. The van der Waals surface area contributed by atoms with E-state index in [0.717, 1.165) is 5.56 Å². The van der Waals surface area contributed by atoms with Crippen LogP contribution < -0.4 is 10.6 Å². The fourth-order valence-corrected chi connectivity index (χ4v) is 3.29. The molecule has 3 amide bonds. The van der Waals surface area contributed by atoms with E-state index in [4.69, 9.17) is 4.74 Å². The van der Waals surface area contributed by atoms with Crippen LogP contribution in [0.3, 0.4) is 0 Å². The molecule has 0 saturated carbocycles. The predicted octanol–water partition coefficient (Wildman–Crippen LogP) is 0.791. The number of imide groups is 1. The SMILES string of the molecule is CC(C)OC(=O)[C@@H]1C[C@]2(CN1Cc1ccccc1)NC(=O)NC2=O. The largest absolute Gasteiger partial charge is 0.462 e. The Hall–Kier alpha value is -2.41. The molecule has 0 aliphatic carbocycles. The lowest BCUT2D eigenvalue weighted by Gasteiger charge is -2.23. The first kappa shape index (κ1) is 16.4. The second-order valence-electron chi connectivity index (χ2n) is 6.59. The zero-order valence-corrected chi connectivity index (χ0v) is 13.7. The fourth-order valence-electron chi connectivity index (χ4n) is 3.29. The first-order valence-electron chi connectivity index (χ1n) is 8.02. The summed E-state index contributed by atoms with van der Waals surface area (Å²) in [5, 5.41) is 4.95. The van der Waals surface area contributed by atoms with Gasteiger partial charge in [0.25, 0.3) is 5.91 Å². The molecule has 7 heteroatoms. The molecule has 2 fully saturated rings. The average Bonchev–Trinajstić information content (AvgIpc) is 3.00. The number of rotatable bonds is 4. The van der Waals surface area contributed by atoms with Crippen molar-refractivity contribution in [2.45, 2.75) is 44.5 Å². The van der Waals surface area contributed by atoms with Crippen LogP contribution in [0.4, 0.5) is 4.79 Å². The van der Waals surface area contributed by atoms with Gasteiger partial charge in [-0.15, -0.1) is 0 Å². The number of carbonyl (C=O) groups is 3. The van der Waals surface area contributed by atoms with Gasteiger partial charge in [0.15, 0.2) is 0 Å². The van der Waals surface area contributed by atoms with Crippen LogP contribution in [0.5, 0.6) is 0 Å². The number of nitrogens with zero attached hydrogens (tertiary/aromatic N) is 1. The first-order chi connectivity index (χ1) is 11.4. The first-order valence-corrected chi connectivity index (χ1v) is 8.02. The molecule has 1 spiro atoms. The van der Waals surface area contributed by atoms with E-state index in [1.807, 2.05) is 35.2 Å². The van der Waals surface area contributed by atoms with Crippen LogP contribution in [-0.2, 0) is 20.9 Å². The van der Waals surface area contributed by atoms with E-state index < -0.39 is 17.6 Å². The minimum absolute atomic E-state index is 0.211. The average molecular weight is 331 g/mol. The number of nitrogens with one attached hydrogen (secondary N) is 2. The van der Waals surface area contributed by atoms with Crippen LogP contribution in [-0.4, -0.2) is 47.0 Å². The third-order valence-electron chi connectivity index (χ3n) is 4.32. The van der Waals surface area contributed by atoms with Crippen LogP contribution in [0.25, 0.3) is 0 Å². The summed E-state index contributed by atoms with van der Waals surface area (Å²) < 4.78 is 5.34. The molecule has 0 aromatic heterocycles. The van der Waals surface area contributed by atoms with E-state index in [1.165, 1.54) is 0 Å². The Morgan fingerprint density at radius 3 is 2.62 bits per heavy atom. The highest BCUT2D eigenvalue weighted by molar-refractivity contribution is 6.07. The van der Waals surface area contributed by atoms with Crippen molar-refractivity contribution in [3.8, 4) is 0 Å². The highest BCUT2D eigenvalue weighted by atomic mass is 16.5. The second kappa shape index (κ2) is 6.24. The summed E-state index contributed by atoms with van der Waals surface area (Å²) in [4.78, 5) is 38.2. The van der Waals surface area contributed by atoms with Crippen molar-refractivity contribution in [2.24, 2.45) is 0 Å². The molecule has 1 aromatic rings. The Labute approximate surface area is 140 Å². The van der Waals surface area contributed by atoms with E-state index in [9.17, 15) is 14.4 Å². The van der Waals surface area contributed by atoms with Crippen molar-refractivity contribution < 1.29 is 19.1 Å². The Kier molecular flexibility index (Phi) is 4.28. The number of carbonyl (C=O) groups excluding carboxylic acids is 3. The summed E-state index contributed by atoms with van der Waals surface area (Å²) in [6, 6.07) is 8.60. The van der Waals surface area contributed by atoms with Gasteiger partial charge in [-0.1, -0.05) is 30.3 Å². The smallest absolute Gasteiger partial charge is 0.323 e. The lowest BCUT2D eigenvalue weighted by Crippen LogP contribution is -2.48. The van der Waals surface area contributed by atoms with Gasteiger partial charge in [-0.2, -0.15) is 0 Å². The number of urea groups is 1. The maximum absolute atomic E-state index is 12.5. The maximum Gasteiger partial charge on any atom is 0.323 e. The van der Waals surface area contributed by atoms with Crippen molar-refractivity contribution in [3.63, 3.8) is 0 Å². The molecule has 0 radical (unpaired) electrons. The Morgan fingerprint density at radius 1 is 1.33 bits per heavy atom. The van der Waals surface area contributed by atoms with Crippen LogP contribution in [0.2, 0.25) is 0 Å². The van der Waals surface area contributed by atoms with E-state index >= 15 is 0 Å². The zero-order chi connectivity index (χ0) is 17.3. The lowest BCUT2D eigenvalue weighted by molar-refractivity contribution is -0.153. The fraction of sp³-hybridized carbons (Fsp3) is 0.471. The molecule has 2 heterocycles. The highest BCUT2D eigenvalue weighted by Crippen LogP contribution is 2.32. The predicted molar refractivity (Wildman–Crippen MR) is 85.9 cm³/mol. The van der Waals surface area contributed by atoms with Gasteiger partial charge in [-0.05, 0) is 19.4 Å². The summed E-state index contributed by atoms with van der Waals surface area (Å²) in [5.74, 6) is -0.753. The van der Waals surface area contributed by atoms with Gasteiger partial charge in [0.2, 0.25) is 0 Å². The van der Waals surface area contributed by atoms with E-state index in [0.29, 0.717) is 6.54 Å². The number of likely N-dealkylation sites (tertiary alicyclic amines) is 1. The molecule has 2 saturated heterocycles. The minimum Gasteiger partial charge on any atom is -0.462 e. The topological polar surface area (TPSA) is 87.7 Å². The van der Waals surface area contributed by atoms with Crippen LogP contribution >= 0.6 is 0 Å². The van der Waals surface area contributed by atoms with Crippen LogP contribution in [0, 0.1) is 0 Å². The third-order valence-corrected chi connectivity index (χ3v) is 4.32. The van der Waals surface area contributed by atoms with Crippen molar-refractivity contribution in [2.75, 3.05) is 6.54 Å². The van der Waals surface area contributed by atoms with Crippen molar-refractivity contribution >= 4 is 17.9 Å². The van der Waals surface area contributed by atoms with Gasteiger partial charge in [0, 0.05) is 19.5 Å². The molecule has 2 atom stereocenters. The van der Waals surface area contributed by atoms with E-state index in [2.05, 4.69) is 10.6 Å². The van der Waals surface area contributed by atoms with Crippen molar-refractivity contribution in [1.82, 2.24) is 15.5 Å². The molecule has 0 bridgehead atoms. The highest BCUT2D eigenvalue weighted by Gasteiger charge is 2.56. The summed E-state index contributed by atoms with van der Waals surface area (Å²) in [6.45, 7) is 4.35. The maximum atomic E-state index is 12.5. The van der Waals surface area contributed by atoms with Gasteiger partial charge in [-0.25, -0.2) is 4.79 Å². The molecule has 128 valence electrons. The lowest BCUT2D eigenvalue weighted by atomic mass is 9.96. The van der Waals surface area contributed by atoms with Gasteiger partial charge < -0.3 is 10.1 Å². The number of esters is 1. The molecule has 2 N–H and O–H groups in total. The Bertz CT molecular complexity index is 661. The summed E-state index contributed by atoms with van der Waals surface area (Å²) in [5.41, 5.74) is -0.0337. The number of hydrogen-bond donors (Lipinski definition) is 2. The normalized spacial score (nSPS) is 26.7. The molecule has 2 aliphatic rings. The van der Waals surface area contributed by atoms with Crippen molar-refractivity contribution in [3.05, 3.63) is 35.9 Å². The van der Waals surface area contributed by atoms with Gasteiger partial charge in [0.1, 0.15) is 11.6 Å². The Balaban J connectivity index is 1.84. The summed E-state index contributed by atoms with van der Waals surface area (Å²) in [6.07, 6.45) is -0.0252. The molecule has 1 aromatic carbocycles. The third kappa shape index (κ3) is 3.12. The quantitative estimate of drug-likeness (QED) is 0.629. The number of benzene rings is 1. The van der Waals surface area contributed by atoms with Gasteiger partial charge in [-0.3, -0.25) is 19.8 Å². The molecule has 24 heavy (non-hydrogen) atoms. The molecule has 3 rings (SSSR count). The molecule has 7 nitrogen and oxygen atoms in total. The molecular formula is C17H21N3O4. The zero-order valence-electron chi connectivity index (χ0n) is 13.7. The van der Waals surface area contributed by atoms with Crippen LogP contribution in [0.15, 0.2) is 30.3 Å². The van der Waals surface area contributed by atoms with Gasteiger partial charge >= 0.3 is 12.0 Å². The van der Waals surface area contributed by atoms with Crippen LogP contribution in [0.1, 0.15) is 25.8 Å². The molecular weight excluding hydrogens is 310 g/mol. The van der Waals surface area contributed by atoms with Crippen molar-refractivity contribution in [1.29, 1.82) is 0 Å². The van der Waals surface area contributed by atoms with E-state index in [-0.39, 0.29) is 30.9 Å². The van der Waals surface area contributed by atoms with Gasteiger partial charge in [0.05, 0.1) is 6.10 Å².